The molecular formula is C14H10F2N2O3. The van der Waals surface area contributed by atoms with E-state index in [9.17, 15) is 18.4 Å². The number of carbonyl (C=O) groups excluding carboxylic acids is 1. The molecule has 0 saturated heterocycles. The maximum Gasteiger partial charge on any atom is 0.337 e. The summed E-state index contributed by atoms with van der Waals surface area (Å²) >= 11 is 0. The van der Waals surface area contributed by atoms with Crippen LogP contribution in [0.4, 0.5) is 14.5 Å². The first-order chi connectivity index (χ1) is 9.90. The number of rotatable bonds is 3. The van der Waals surface area contributed by atoms with Gasteiger partial charge in [0.25, 0.3) is 5.91 Å². The summed E-state index contributed by atoms with van der Waals surface area (Å²) in [6.07, 6.45) is 2.39. The molecule has 7 heteroatoms. The second-order valence-corrected chi connectivity index (χ2v) is 4.26. The smallest absolute Gasteiger partial charge is 0.337 e. The minimum Gasteiger partial charge on any atom is -0.478 e. The Balaban J connectivity index is 2.35. The number of anilines is 1. The number of carboxylic acid groups (broad SMARTS) is 1. The topological polar surface area (TPSA) is 79.3 Å². The molecule has 0 saturated carbocycles. The van der Waals surface area contributed by atoms with E-state index in [2.05, 4.69) is 10.3 Å². The Morgan fingerprint density at radius 3 is 2.57 bits per heavy atom. The third-order valence-electron chi connectivity index (χ3n) is 2.79. The summed E-state index contributed by atoms with van der Waals surface area (Å²) in [7, 11) is 0. The molecule has 1 heterocycles. The number of amides is 1. The first-order valence-electron chi connectivity index (χ1n) is 5.84. The molecule has 0 atom stereocenters. The second-order valence-electron chi connectivity index (χ2n) is 4.26. The van der Waals surface area contributed by atoms with E-state index >= 15 is 0 Å². The van der Waals surface area contributed by atoms with Gasteiger partial charge in [0.15, 0.2) is 0 Å². The number of halogens is 2. The molecule has 0 unspecified atom stereocenters. The van der Waals surface area contributed by atoms with Crippen LogP contribution in [0.2, 0.25) is 0 Å². The molecule has 2 aromatic rings. The maximum absolute atomic E-state index is 13.6. The molecule has 108 valence electrons. The van der Waals surface area contributed by atoms with Crippen LogP contribution in [0.25, 0.3) is 0 Å². The van der Waals surface area contributed by atoms with Crippen LogP contribution in [0.15, 0.2) is 30.6 Å². The second kappa shape index (κ2) is 5.66. The van der Waals surface area contributed by atoms with Crippen molar-refractivity contribution < 1.29 is 23.5 Å². The predicted molar refractivity (Wildman–Crippen MR) is 70.2 cm³/mol. The van der Waals surface area contributed by atoms with E-state index in [4.69, 9.17) is 5.11 Å². The largest absolute Gasteiger partial charge is 0.478 e. The van der Waals surface area contributed by atoms with Crippen LogP contribution in [-0.4, -0.2) is 22.0 Å². The van der Waals surface area contributed by atoms with Crippen molar-refractivity contribution in [3.05, 3.63) is 58.9 Å². The van der Waals surface area contributed by atoms with Gasteiger partial charge in [0.2, 0.25) is 0 Å². The monoisotopic (exact) mass is 292 g/mol. The highest BCUT2D eigenvalue weighted by Gasteiger charge is 2.17. The van der Waals surface area contributed by atoms with Crippen LogP contribution >= 0.6 is 0 Å². The molecule has 0 aliphatic heterocycles. The van der Waals surface area contributed by atoms with Crippen molar-refractivity contribution in [2.24, 2.45) is 0 Å². The molecule has 1 aromatic heterocycles. The van der Waals surface area contributed by atoms with Crippen molar-refractivity contribution in [3.8, 4) is 0 Å². The van der Waals surface area contributed by atoms with Gasteiger partial charge in [-0.3, -0.25) is 9.78 Å². The molecule has 0 spiro atoms. The molecule has 5 nitrogen and oxygen atoms in total. The minimum atomic E-state index is -1.26. The van der Waals surface area contributed by atoms with Crippen LogP contribution in [0.3, 0.4) is 0 Å². The lowest BCUT2D eigenvalue weighted by Gasteiger charge is -2.09. The Labute approximate surface area is 118 Å². The molecule has 1 aromatic carbocycles. The number of pyridine rings is 1. The summed E-state index contributed by atoms with van der Waals surface area (Å²) in [5, 5.41) is 11.2. The number of carbonyl (C=O) groups is 2. The van der Waals surface area contributed by atoms with Crippen LogP contribution in [0.1, 0.15) is 26.3 Å². The Bertz CT molecular complexity index is 732. The molecule has 2 N–H and O–H groups in total. The average Bonchev–Trinajstić information content (AvgIpc) is 2.43. The van der Waals surface area contributed by atoms with Gasteiger partial charge >= 0.3 is 5.97 Å². The fraction of sp³-hybridized carbons (Fsp3) is 0.0714. The van der Waals surface area contributed by atoms with Crippen LogP contribution in [-0.2, 0) is 0 Å². The van der Waals surface area contributed by atoms with Gasteiger partial charge in [-0.25, -0.2) is 13.6 Å². The Hall–Kier alpha value is -2.83. The lowest BCUT2D eigenvalue weighted by molar-refractivity contribution is 0.0698. The van der Waals surface area contributed by atoms with E-state index < -0.39 is 23.5 Å². The quantitative estimate of drug-likeness (QED) is 0.911. The number of carboxylic acids is 1. The molecule has 0 bridgehead atoms. The van der Waals surface area contributed by atoms with Crippen LogP contribution in [0, 0.1) is 18.6 Å². The molecular weight excluding hydrogens is 282 g/mol. The fourth-order valence-electron chi connectivity index (χ4n) is 1.70. The van der Waals surface area contributed by atoms with E-state index in [1.165, 1.54) is 19.2 Å². The summed E-state index contributed by atoms with van der Waals surface area (Å²) in [5.41, 5.74) is -0.533. The SMILES string of the molecule is Cc1cc(C(=O)Nc2cnccc2C(=O)O)c(F)cc1F. The average molecular weight is 292 g/mol. The number of aryl methyl sites for hydroxylation is 1. The van der Waals surface area contributed by atoms with Crippen molar-refractivity contribution in [2.75, 3.05) is 5.32 Å². The highest BCUT2D eigenvalue weighted by Crippen LogP contribution is 2.18. The van der Waals surface area contributed by atoms with E-state index in [0.717, 1.165) is 12.3 Å². The zero-order valence-electron chi connectivity index (χ0n) is 10.9. The number of hydrogen-bond acceptors (Lipinski definition) is 3. The number of hydrogen-bond donors (Lipinski definition) is 2. The van der Waals surface area contributed by atoms with Gasteiger partial charge in [-0.2, -0.15) is 0 Å². The molecule has 0 aliphatic rings. The lowest BCUT2D eigenvalue weighted by atomic mass is 10.1. The van der Waals surface area contributed by atoms with E-state index in [-0.39, 0.29) is 22.4 Å². The number of aromatic nitrogens is 1. The molecule has 2 rings (SSSR count). The third kappa shape index (κ3) is 3.02. The standard InChI is InChI=1S/C14H10F2N2O3/c1-7-4-9(11(16)5-10(7)15)13(19)18-12-6-17-3-2-8(12)14(20)21/h2-6H,1H3,(H,18,19)(H,20,21). The highest BCUT2D eigenvalue weighted by atomic mass is 19.1. The van der Waals surface area contributed by atoms with Crippen LogP contribution in [0.5, 0.6) is 0 Å². The summed E-state index contributed by atoms with van der Waals surface area (Å²) < 4.78 is 26.8. The summed E-state index contributed by atoms with van der Waals surface area (Å²) in [4.78, 5) is 26.7. The van der Waals surface area contributed by atoms with Crippen molar-refractivity contribution >= 4 is 17.6 Å². The number of benzene rings is 1. The summed E-state index contributed by atoms with van der Waals surface area (Å²) in [5.74, 6) is -3.94. The van der Waals surface area contributed by atoms with E-state index in [1.807, 2.05) is 0 Å². The van der Waals surface area contributed by atoms with Crippen molar-refractivity contribution in [2.45, 2.75) is 6.92 Å². The molecule has 0 aliphatic carbocycles. The van der Waals surface area contributed by atoms with Crippen molar-refractivity contribution in [1.29, 1.82) is 0 Å². The van der Waals surface area contributed by atoms with Crippen molar-refractivity contribution in [3.63, 3.8) is 0 Å². The van der Waals surface area contributed by atoms with Crippen molar-refractivity contribution in [1.82, 2.24) is 4.98 Å². The van der Waals surface area contributed by atoms with Gasteiger partial charge in [-0.05, 0) is 24.6 Å². The number of nitrogens with zero attached hydrogens (tertiary/aromatic N) is 1. The van der Waals surface area contributed by atoms with E-state index in [1.54, 1.807) is 0 Å². The summed E-state index contributed by atoms with van der Waals surface area (Å²) in [6, 6.07) is 2.85. The number of aromatic carboxylic acids is 1. The van der Waals surface area contributed by atoms with Gasteiger partial charge in [-0.1, -0.05) is 0 Å². The van der Waals surface area contributed by atoms with Gasteiger partial charge in [0, 0.05) is 12.3 Å². The van der Waals surface area contributed by atoms with Gasteiger partial charge in [0.1, 0.15) is 11.6 Å². The molecule has 1 amide bonds. The van der Waals surface area contributed by atoms with Gasteiger partial charge in [0.05, 0.1) is 23.0 Å². The predicted octanol–water partition coefficient (Wildman–Crippen LogP) is 2.62. The van der Waals surface area contributed by atoms with Gasteiger partial charge in [-0.15, -0.1) is 0 Å². The minimum absolute atomic E-state index is 0.0728. The Kier molecular flexibility index (Phi) is 3.93. The lowest BCUT2D eigenvalue weighted by Crippen LogP contribution is -2.17. The van der Waals surface area contributed by atoms with Gasteiger partial charge < -0.3 is 10.4 Å². The normalized spacial score (nSPS) is 10.2. The van der Waals surface area contributed by atoms with E-state index in [0.29, 0.717) is 6.07 Å². The first kappa shape index (κ1) is 14.6. The molecule has 0 fully saturated rings. The fourth-order valence-corrected chi connectivity index (χ4v) is 1.70. The summed E-state index contributed by atoms with van der Waals surface area (Å²) in [6.45, 7) is 1.39. The number of nitrogens with one attached hydrogen (secondary N) is 1. The molecule has 21 heavy (non-hydrogen) atoms. The maximum atomic E-state index is 13.6. The zero-order chi connectivity index (χ0) is 15.6. The third-order valence-corrected chi connectivity index (χ3v) is 2.79. The Morgan fingerprint density at radius 2 is 1.90 bits per heavy atom. The zero-order valence-corrected chi connectivity index (χ0v) is 10.9. The Morgan fingerprint density at radius 1 is 1.19 bits per heavy atom. The highest BCUT2D eigenvalue weighted by molar-refractivity contribution is 6.07. The molecule has 0 radical (unpaired) electrons. The first-order valence-corrected chi connectivity index (χ1v) is 5.84. The van der Waals surface area contributed by atoms with Crippen LogP contribution < -0.4 is 5.32 Å².